The minimum absolute atomic E-state index is 0.0577. The second-order valence-corrected chi connectivity index (χ2v) is 5.55. The number of carbonyl (C=O) groups is 2. The molecule has 0 atom stereocenters. The first kappa shape index (κ1) is 16.4. The normalized spacial score (nSPS) is 11.3. The number of amides is 1. The van der Waals surface area contributed by atoms with Gasteiger partial charge in [-0.05, 0) is 20.8 Å². The van der Waals surface area contributed by atoms with Crippen molar-refractivity contribution in [3.8, 4) is 0 Å². The quantitative estimate of drug-likeness (QED) is 0.799. The van der Waals surface area contributed by atoms with Crippen molar-refractivity contribution in [2.45, 2.75) is 39.5 Å². The summed E-state index contributed by atoms with van der Waals surface area (Å²) >= 11 is 0. The molecule has 23 heavy (non-hydrogen) atoms. The fourth-order valence-electron chi connectivity index (χ4n) is 1.67. The minimum Gasteiger partial charge on any atom is -0.476 e. The zero-order chi connectivity index (χ0) is 17.0. The van der Waals surface area contributed by atoms with Crippen LogP contribution in [0.1, 0.15) is 42.8 Å². The highest BCUT2D eigenvalue weighted by molar-refractivity contribution is 5.86. The molecule has 0 radical (unpaired) electrons. The number of nitrogens with zero attached hydrogens (tertiary/aromatic N) is 5. The Kier molecular flexibility index (Phi) is 4.57. The van der Waals surface area contributed by atoms with Crippen molar-refractivity contribution in [2.75, 3.05) is 0 Å². The molecule has 2 N–H and O–H groups in total. The van der Waals surface area contributed by atoms with Gasteiger partial charge in [0.15, 0.2) is 11.5 Å². The Bertz CT molecular complexity index is 687. The highest BCUT2D eigenvalue weighted by atomic mass is 16.6. The van der Waals surface area contributed by atoms with Gasteiger partial charge in [-0.25, -0.2) is 14.3 Å². The second-order valence-electron chi connectivity index (χ2n) is 5.55. The van der Waals surface area contributed by atoms with Crippen molar-refractivity contribution >= 4 is 12.1 Å². The zero-order valence-electron chi connectivity index (χ0n) is 12.8. The number of aromatic nitrogens is 5. The molecule has 0 saturated carbocycles. The van der Waals surface area contributed by atoms with Gasteiger partial charge in [0.25, 0.3) is 0 Å². The van der Waals surface area contributed by atoms with Crippen molar-refractivity contribution in [1.29, 1.82) is 0 Å². The van der Waals surface area contributed by atoms with Crippen LogP contribution in [0.25, 0.3) is 0 Å². The van der Waals surface area contributed by atoms with Crippen LogP contribution in [0, 0.1) is 0 Å². The van der Waals surface area contributed by atoms with Crippen LogP contribution in [0.15, 0.2) is 10.9 Å². The van der Waals surface area contributed by atoms with Crippen molar-refractivity contribution in [2.24, 2.45) is 0 Å². The summed E-state index contributed by atoms with van der Waals surface area (Å²) in [4.78, 5) is 26.7. The fourth-order valence-corrected chi connectivity index (χ4v) is 1.67. The average molecular weight is 324 g/mol. The Balaban J connectivity index is 2.13. The first-order valence-corrected chi connectivity index (χ1v) is 6.64. The van der Waals surface area contributed by atoms with Crippen LogP contribution in [0.5, 0.6) is 0 Å². The number of nitrogens with one attached hydrogen (secondary N) is 1. The summed E-state index contributed by atoms with van der Waals surface area (Å²) < 4.78 is 11.0. The fraction of sp³-hybridized carbons (Fsp3) is 0.500. The molecule has 2 aromatic heterocycles. The predicted molar refractivity (Wildman–Crippen MR) is 73.5 cm³/mol. The van der Waals surface area contributed by atoms with Gasteiger partial charge in [0.1, 0.15) is 12.1 Å². The first-order chi connectivity index (χ1) is 10.8. The molecule has 0 unspecified atom stereocenters. The van der Waals surface area contributed by atoms with Crippen LogP contribution < -0.4 is 5.32 Å². The molecular weight excluding hydrogens is 308 g/mol. The molecule has 11 heteroatoms. The number of ether oxygens (including phenoxy) is 1. The maximum Gasteiger partial charge on any atom is 0.407 e. The van der Waals surface area contributed by atoms with Crippen LogP contribution in [-0.4, -0.2) is 47.9 Å². The van der Waals surface area contributed by atoms with Crippen LogP contribution in [0.4, 0.5) is 4.79 Å². The monoisotopic (exact) mass is 324 g/mol. The van der Waals surface area contributed by atoms with Crippen molar-refractivity contribution in [3.05, 3.63) is 23.6 Å². The lowest BCUT2D eigenvalue weighted by molar-refractivity contribution is 0.0519. The predicted octanol–water partition coefficient (Wildman–Crippen LogP) is 0.432. The molecule has 11 nitrogen and oxygen atoms in total. The van der Waals surface area contributed by atoms with Crippen LogP contribution in [0.3, 0.4) is 0 Å². The largest absolute Gasteiger partial charge is 0.476 e. The summed E-state index contributed by atoms with van der Waals surface area (Å²) in [6, 6.07) is 0. The highest BCUT2D eigenvalue weighted by Crippen LogP contribution is 2.09. The Hall–Kier alpha value is -2.98. The molecule has 0 bridgehead atoms. The van der Waals surface area contributed by atoms with E-state index in [0.717, 1.165) is 6.39 Å². The van der Waals surface area contributed by atoms with Gasteiger partial charge in [-0.3, -0.25) is 0 Å². The summed E-state index contributed by atoms with van der Waals surface area (Å²) in [5.41, 5.74) is -0.749. The third-order valence-corrected chi connectivity index (χ3v) is 2.54. The van der Waals surface area contributed by atoms with Gasteiger partial charge in [-0.2, -0.15) is 4.98 Å². The minimum atomic E-state index is -1.26. The second kappa shape index (κ2) is 6.42. The summed E-state index contributed by atoms with van der Waals surface area (Å²) in [6.07, 6.45) is 0.462. The van der Waals surface area contributed by atoms with Crippen LogP contribution >= 0.6 is 0 Å². The number of carbonyl (C=O) groups excluding carboxylic acids is 1. The molecule has 0 aliphatic rings. The van der Waals surface area contributed by atoms with Crippen molar-refractivity contribution < 1.29 is 24.0 Å². The highest BCUT2D eigenvalue weighted by Gasteiger charge is 2.22. The SMILES string of the molecule is CC(C)(C)OC(=O)NCc1c(C(=O)O)nnn1Cc1ncon1. The standard InChI is InChI=1S/C12H16N6O5/c1-12(2,3)23-11(21)13-4-7-9(10(19)20)15-17-18(7)5-8-14-6-22-16-8/h6H,4-5H2,1-3H3,(H,13,21)(H,19,20). The molecule has 0 aliphatic carbocycles. The Labute approximate surface area is 130 Å². The van der Waals surface area contributed by atoms with E-state index in [-0.39, 0.29) is 24.5 Å². The molecular formula is C12H16N6O5. The number of hydrogen-bond donors (Lipinski definition) is 2. The summed E-state index contributed by atoms with van der Waals surface area (Å²) in [5.74, 6) is -0.962. The lowest BCUT2D eigenvalue weighted by Crippen LogP contribution is -2.33. The van der Waals surface area contributed by atoms with Gasteiger partial charge in [-0.1, -0.05) is 10.4 Å². The van der Waals surface area contributed by atoms with E-state index in [9.17, 15) is 9.59 Å². The number of rotatable bonds is 5. The van der Waals surface area contributed by atoms with Crippen molar-refractivity contribution in [3.63, 3.8) is 0 Å². The Morgan fingerprint density at radius 2 is 2.17 bits per heavy atom. The third-order valence-electron chi connectivity index (χ3n) is 2.54. The van der Waals surface area contributed by atoms with Gasteiger partial charge in [0, 0.05) is 0 Å². The Morgan fingerprint density at radius 1 is 1.43 bits per heavy atom. The third kappa shape index (κ3) is 4.49. The lowest BCUT2D eigenvalue weighted by Gasteiger charge is -2.19. The summed E-state index contributed by atoms with van der Waals surface area (Å²) in [5, 5.41) is 22.6. The molecule has 0 fully saturated rings. The number of hydrogen-bond acceptors (Lipinski definition) is 8. The number of carboxylic acid groups (broad SMARTS) is 1. The van der Waals surface area contributed by atoms with E-state index in [1.165, 1.54) is 4.68 Å². The van der Waals surface area contributed by atoms with Gasteiger partial charge in [-0.15, -0.1) is 5.10 Å². The van der Waals surface area contributed by atoms with Crippen molar-refractivity contribution in [1.82, 2.24) is 30.5 Å². The van der Waals surface area contributed by atoms with E-state index in [1.807, 2.05) is 0 Å². The maximum atomic E-state index is 11.7. The zero-order valence-corrected chi connectivity index (χ0v) is 12.8. The average Bonchev–Trinajstić information content (AvgIpc) is 3.04. The summed E-state index contributed by atoms with van der Waals surface area (Å²) in [6.45, 7) is 5.09. The topological polar surface area (TPSA) is 145 Å². The number of alkyl carbamates (subject to hydrolysis) is 1. The smallest absolute Gasteiger partial charge is 0.407 e. The van der Waals surface area contributed by atoms with Crippen LogP contribution in [0.2, 0.25) is 0 Å². The van der Waals surface area contributed by atoms with Gasteiger partial charge in [0.05, 0.1) is 12.2 Å². The van der Waals surface area contributed by atoms with Gasteiger partial charge >= 0.3 is 12.1 Å². The van der Waals surface area contributed by atoms with E-state index in [4.69, 9.17) is 9.84 Å². The van der Waals surface area contributed by atoms with Gasteiger partial charge in [0.2, 0.25) is 6.39 Å². The van der Waals surface area contributed by atoms with E-state index < -0.39 is 17.7 Å². The molecule has 0 aliphatic heterocycles. The van der Waals surface area contributed by atoms with E-state index in [1.54, 1.807) is 20.8 Å². The summed E-state index contributed by atoms with van der Waals surface area (Å²) in [7, 11) is 0. The molecule has 2 aromatic rings. The molecule has 0 aromatic carbocycles. The van der Waals surface area contributed by atoms with E-state index in [0.29, 0.717) is 5.82 Å². The molecule has 0 saturated heterocycles. The van der Waals surface area contributed by atoms with E-state index in [2.05, 4.69) is 30.3 Å². The molecule has 2 rings (SSSR count). The maximum absolute atomic E-state index is 11.7. The van der Waals surface area contributed by atoms with Gasteiger partial charge < -0.3 is 19.7 Å². The Morgan fingerprint density at radius 3 is 2.74 bits per heavy atom. The molecule has 0 spiro atoms. The van der Waals surface area contributed by atoms with E-state index >= 15 is 0 Å². The number of carboxylic acids is 1. The molecule has 1 amide bonds. The first-order valence-electron chi connectivity index (χ1n) is 6.64. The molecule has 2 heterocycles. The molecule has 124 valence electrons. The van der Waals surface area contributed by atoms with Crippen LogP contribution in [-0.2, 0) is 17.8 Å². The lowest BCUT2D eigenvalue weighted by atomic mass is 10.2. The number of aromatic carboxylic acids is 1.